The topological polar surface area (TPSA) is 38.1 Å². The van der Waals surface area contributed by atoms with Crippen molar-refractivity contribution in [2.75, 3.05) is 5.32 Å². The third-order valence-corrected chi connectivity index (χ3v) is 2.71. The normalized spacial score (nSPS) is 10.6. The SMILES string of the molecule is c1ccc2c(NCc3ccoc3)ccnc2c1. The van der Waals surface area contributed by atoms with Crippen molar-refractivity contribution < 1.29 is 4.42 Å². The third-order valence-electron chi connectivity index (χ3n) is 2.71. The number of aromatic nitrogens is 1. The summed E-state index contributed by atoms with van der Waals surface area (Å²) in [7, 11) is 0. The first-order chi connectivity index (χ1) is 8.43. The Hall–Kier alpha value is -2.29. The number of fused-ring (bicyclic) bond motifs is 1. The molecule has 1 N–H and O–H groups in total. The summed E-state index contributed by atoms with van der Waals surface area (Å²) in [4.78, 5) is 4.33. The van der Waals surface area contributed by atoms with Crippen LogP contribution in [0.15, 0.2) is 59.5 Å². The van der Waals surface area contributed by atoms with Gasteiger partial charge in [0, 0.05) is 29.4 Å². The van der Waals surface area contributed by atoms with Crippen LogP contribution in [-0.2, 0) is 6.54 Å². The fourth-order valence-corrected chi connectivity index (χ4v) is 1.84. The van der Waals surface area contributed by atoms with Gasteiger partial charge in [-0.2, -0.15) is 0 Å². The van der Waals surface area contributed by atoms with Crippen molar-refractivity contribution in [3.05, 3.63) is 60.7 Å². The van der Waals surface area contributed by atoms with Crippen LogP contribution in [0.25, 0.3) is 10.9 Å². The fraction of sp³-hybridized carbons (Fsp3) is 0.0714. The highest BCUT2D eigenvalue weighted by molar-refractivity contribution is 5.90. The van der Waals surface area contributed by atoms with Gasteiger partial charge in [0.2, 0.25) is 0 Å². The van der Waals surface area contributed by atoms with Crippen molar-refractivity contribution in [3.8, 4) is 0 Å². The van der Waals surface area contributed by atoms with Gasteiger partial charge in [0.05, 0.1) is 18.0 Å². The summed E-state index contributed by atoms with van der Waals surface area (Å²) in [5, 5.41) is 4.53. The second-order valence-corrected chi connectivity index (χ2v) is 3.86. The molecule has 0 fully saturated rings. The van der Waals surface area contributed by atoms with Crippen molar-refractivity contribution in [2.24, 2.45) is 0 Å². The lowest BCUT2D eigenvalue weighted by Crippen LogP contribution is -1.99. The number of hydrogen-bond donors (Lipinski definition) is 1. The maximum atomic E-state index is 5.04. The largest absolute Gasteiger partial charge is 0.472 e. The van der Waals surface area contributed by atoms with Gasteiger partial charge < -0.3 is 9.73 Å². The Labute approximate surface area is 99.1 Å². The van der Waals surface area contributed by atoms with Gasteiger partial charge in [-0.3, -0.25) is 4.98 Å². The van der Waals surface area contributed by atoms with Crippen LogP contribution < -0.4 is 5.32 Å². The molecule has 2 aromatic heterocycles. The average Bonchev–Trinajstić information content (AvgIpc) is 2.89. The van der Waals surface area contributed by atoms with Gasteiger partial charge >= 0.3 is 0 Å². The average molecular weight is 224 g/mol. The standard InChI is InChI=1S/C14H12N2O/c1-2-4-13-12(3-1)14(5-7-15-13)16-9-11-6-8-17-10-11/h1-8,10H,9H2,(H,15,16). The van der Waals surface area contributed by atoms with Gasteiger partial charge in [0.15, 0.2) is 0 Å². The van der Waals surface area contributed by atoms with Gasteiger partial charge in [-0.25, -0.2) is 0 Å². The molecule has 0 bridgehead atoms. The van der Waals surface area contributed by atoms with Crippen molar-refractivity contribution in [1.29, 1.82) is 0 Å². The van der Waals surface area contributed by atoms with E-state index in [9.17, 15) is 0 Å². The van der Waals surface area contributed by atoms with Gasteiger partial charge in [0.25, 0.3) is 0 Å². The summed E-state index contributed by atoms with van der Waals surface area (Å²) in [6, 6.07) is 12.0. The van der Waals surface area contributed by atoms with E-state index in [0.29, 0.717) is 0 Å². The molecule has 2 heterocycles. The molecule has 0 radical (unpaired) electrons. The molecule has 0 saturated heterocycles. The smallest absolute Gasteiger partial charge is 0.0952 e. The van der Waals surface area contributed by atoms with Crippen molar-refractivity contribution in [3.63, 3.8) is 0 Å². The highest BCUT2D eigenvalue weighted by atomic mass is 16.3. The van der Waals surface area contributed by atoms with Gasteiger partial charge in [0.1, 0.15) is 0 Å². The van der Waals surface area contributed by atoms with Crippen LogP contribution in [0.3, 0.4) is 0 Å². The van der Waals surface area contributed by atoms with Crippen LogP contribution in [0.1, 0.15) is 5.56 Å². The van der Waals surface area contributed by atoms with Gasteiger partial charge in [-0.1, -0.05) is 18.2 Å². The van der Waals surface area contributed by atoms with E-state index in [1.54, 1.807) is 12.5 Å². The number of anilines is 1. The van der Waals surface area contributed by atoms with E-state index in [0.717, 1.165) is 28.7 Å². The van der Waals surface area contributed by atoms with E-state index >= 15 is 0 Å². The predicted octanol–water partition coefficient (Wildman–Crippen LogP) is 3.44. The Balaban J connectivity index is 1.90. The molecule has 3 nitrogen and oxygen atoms in total. The molecule has 1 aromatic carbocycles. The molecule has 0 atom stereocenters. The summed E-state index contributed by atoms with van der Waals surface area (Å²) in [5.41, 5.74) is 3.23. The number of furan rings is 1. The van der Waals surface area contributed by atoms with E-state index in [2.05, 4.69) is 16.4 Å². The number of para-hydroxylation sites is 1. The Morgan fingerprint density at radius 1 is 1.12 bits per heavy atom. The molecule has 0 unspecified atom stereocenters. The summed E-state index contributed by atoms with van der Waals surface area (Å²) >= 11 is 0. The zero-order valence-electron chi connectivity index (χ0n) is 9.26. The number of hydrogen-bond acceptors (Lipinski definition) is 3. The molecular weight excluding hydrogens is 212 g/mol. The van der Waals surface area contributed by atoms with E-state index in [4.69, 9.17) is 4.42 Å². The number of nitrogens with zero attached hydrogens (tertiary/aromatic N) is 1. The molecule has 17 heavy (non-hydrogen) atoms. The molecule has 84 valence electrons. The Morgan fingerprint density at radius 3 is 2.94 bits per heavy atom. The quantitative estimate of drug-likeness (QED) is 0.740. The highest BCUT2D eigenvalue weighted by Gasteiger charge is 2.01. The highest BCUT2D eigenvalue weighted by Crippen LogP contribution is 2.21. The maximum absolute atomic E-state index is 5.04. The van der Waals surface area contributed by atoms with Crippen molar-refractivity contribution >= 4 is 16.6 Å². The van der Waals surface area contributed by atoms with Gasteiger partial charge in [-0.15, -0.1) is 0 Å². The van der Waals surface area contributed by atoms with Crippen LogP contribution in [-0.4, -0.2) is 4.98 Å². The lowest BCUT2D eigenvalue weighted by molar-refractivity contribution is 0.564. The lowest BCUT2D eigenvalue weighted by Gasteiger charge is -2.07. The molecule has 0 aliphatic heterocycles. The minimum atomic E-state index is 0.754. The van der Waals surface area contributed by atoms with E-state index in [1.165, 1.54) is 0 Å². The molecule has 3 rings (SSSR count). The van der Waals surface area contributed by atoms with Gasteiger partial charge in [-0.05, 0) is 18.2 Å². The van der Waals surface area contributed by atoms with Crippen LogP contribution in [0.5, 0.6) is 0 Å². The van der Waals surface area contributed by atoms with Crippen molar-refractivity contribution in [1.82, 2.24) is 4.98 Å². The monoisotopic (exact) mass is 224 g/mol. The number of nitrogens with one attached hydrogen (secondary N) is 1. The Kier molecular flexibility index (Phi) is 2.50. The number of benzene rings is 1. The first-order valence-corrected chi connectivity index (χ1v) is 5.52. The molecule has 0 spiro atoms. The summed E-state index contributed by atoms with van der Waals surface area (Å²) in [5.74, 6) is 0. The third kappa shape index (κ3) is 1.99. The molecule has 0 saturated carbocycles. The molecule has 0 aliphatic rings. The molecule has 0 aliphatic carbocycles. The second kappa shape index (κ2) is 4.29. The van der Waals surface area contributed by atoms with E-state index in [1.807, 2.05) is 36.5 Å². The Bertz CT molecular complexity index is 612. The number of pyridine rings is 1. The Morgan fingerprint density at radius 2 is 2.06 bits per heavy atom. The second-order valence-electron chi connectivity index (χ2n) is 3.86. The van der Waals surface area contributed by atoms with E-state index in [-0.39, 0.29) is 0 Å². The zero-order chi connectivity index (χ0) is 11.5. The first kappa shape index (κ1) is 9.90. The summed E-state index contributed by atoms with van der Waals surface area (Å²) < 4.78 is 5.04. The lowest BCUT2D eigenvalue weighted by atomic mass is 10.2. The molecular formula is C14H12N2O. The van der Waals surface area contributed by atoms with Crippen molar-refractivity contribution in [2.45, 2.75) is 6.54 Å². The zero-order valence-corrected chi connectivity index (χ0v) is 9.26. The van der Waals surface area contributed by atoms with Crippen LogP contribution in [0.2, 0.25) is 0 Å². The fourth-order valence-electron chi connectivity index (χ4n) is 1.84. The van der Waals surface area contributed by atoms with Crippen LogP contribution in [0, 0.1) is 0 Å². The molecule has 3 aromatic rings. The minimum absolute atomic E-state index is 0.754. The molecule has 3 heteroatoms. The van der Waals surface area contributed by atoms with Crippen LogP contribution >= 0.6 is 0 Å². The number of rotatable bonds is 3. The summed E-state index contributed by atoms with van der Waals surface area (Å²) in [6.07, 6.45) is 5.25. The van der Waals surface area contributed by atoms with Crippen LogP contribution in [0.4, 0.5) is 5.69 Å². The minimum Gasteiger partial charge on any atom is -0.472 e. The first-order valence-electron chi connectivity index (χ1n) is 5.52. The van der Waals surface area contributed by atoms with E-state index < -0.39 is 0 Å². The maximum Gasteiger partial charge on any atom is 0.0952 e. The summed E-state index contributed by atoms with van der Waals surface area (Å²) in [6.45, 7) is 0.754. The predicted molar refractivity (Wildman–Crippen MR) is 67.8 cm³/mol. The molecule has 0 amide bonds.